The number of anilines is 1. The Labute approximate surface area is 161 Å². The second-order valence-electron chi connectivity index (χ2n) is 6.09. The van der Waals surface area contributed by atoms with Gasteiger partial charge in [0.25, 0.3) is 0 Å². The minimum Gasteiger partial charge on any atom is -0.467 e. The predicted octanol–water partition coefficient (Wildman–Crippen LogP) is 5.08. The highest BCUT2D eigenvalue weighted by Gasteiger charge is 2.23. The van der Waals surface area contributed by atoms with E-state index in [1.807, 2.05) is 0 Å². The van der Waals surface area contributed by atoms with E-state index in [0.29, 0.717) is 16.0 Å². The summed E-state index contributed by atoms with van der Waals surface area (Å²) in [5.74, 6) is -1.72. The van der Waals surface area contributed by atoms with Crippen molar-refractivity contribution in [3.63, 3.8) is 0 Å². The molecule has 2 aromatic carbocycles. The number of carbonyl (C=O) groups excluding carboxylic acids is 1. The number of furan rings is 1. The van der Waals surface area contributed by atoms with Crippen LogP contribution in [0.4, 0.5) is 18.3 Å². The molecule has 0 unspecified atom stereocenters. The zero-order valence-electron chi connectivity index (χ0n) is 14.4. The lowest BCUT2D eigenvalue weighted by Gasteiger charge is -2.18. The maximum absolute atomic E-state index is 14.0. The van der Waals surface area contributed by atoms with E-state index in [2.05, 4.69) is 4.98 Å². The molecule has 0 fully saturated rings. The number of halogens is 3. The minimum atomic E-state index is -0.790. The van der Waals surface area contributed by atoms with Crippen LogP contribution in [0, 0.1) is 17.5 Å². The van der Waals surface area contributed by atoms with Crippen molar-refractivity contribution in [3.05, 3.63) is 83.6 Å². The SMILES string of the molecule is O=C(Cc1ccc(F)cc1)N(Cc1ccco1)c1nc2c(F)cc(F)cc2s1. The van der Waals surface area contributed by atoms with Crippen molar-refractivity contribution in [1.29, 1.82) is 0 Å². The van der Waals surface area contributed by atoms with E-state index in [1.54, 1.807) is 12.1 Å². The molecule has 0 atom stereocenters. The third-order valence-corrected chi connectivity index (χ3v) is 5.12. The molecule has 2 aromatic heterocycles. The van der Waals surface area contributed by atoms with Gasteiger partial charge in [-0.3, -0.25) is 9.69 Å². The molecule has 0 radical (unpaired) electrons. The third-order valence-electron chi connectivity index (χ3n) is 4.10. The van der Waals surface area contributed by atoms with Gasteiger partial charge in [-0.1, -0.05) is 23.5 Å². The molecule has 0 aliphatic carbocycles. The van der Waals surface area contributed by atoms with Gasteiger partial charge >= 0.3 is 0 Å². The zero-order chi connectivity index (χ0) is 19.7. The van der Waals surface area contributed by atoms with Gasteiger partial charge in [0, 0.05) is 6.07 Å². The van der Waals surface area contributed by atoms with Crippen LogP contribution in [0.15, 0.2) is 59.2 Å². The van der Waals surface area contributed by atoms with Gasteiger partial charge in [-0.2, -0.15) is 0 Å². The maximum atomic E-state index is 14.0. The first-order chi connectivity index (χ1) is 13.5. The van der Waals surface area contributed by atoms with E-state index < -0.39 is 17.5 Å². The highest BCUT2D eigenvalue weighted by atomic mass is 32.1. The number of thiazole rings is 1. The summed E-state index contributed by atoms with van der Waals surface area (Å²) in [6, 6.07) is 10.9. The highest BCUT2D eigenvalue weighted by Crippen LogP contribution is 2.32. The van der Waals surface area contributed by atoms with Crippen molar-refractivity contribution in [3.8, 4) is 0 Å². The number of aromatic nitrogens is 1. The summed E-state index contributed by atoms with van der Waals surface area (Å²) in [4.78, 5) is 18.5. The molecule has 0 aliphatic heterocycles. The maximum Gasteiger partial charge on any atom is 0.233 e. The molecular formula is C20H13F3N2O2S. The number of amides is 1. The lowest BCUT2D eigenvalue weighted by Crippen LogP contribution is -2.31. The van der Waals surface area contributed by atoms with Gasteiger partial charge in [0.1, 0.15) is 22.9 Å². The molecule has 4 nitrogen and oxygen atoms in total. The van der Waals surface area contributed by atoms with Crippen LogP contribution in [-0.2, 0) is 17.8 Å². The molecule has 0 saturated heterocycles. The normalized spacial score (nSPS) is 11.1. The van der Waals surface area contributed by atoms with E-state index in [-0.39, 0.29) is 29.5 Å². The van der Waals surface area contributed by atoms with Crippen molar-refractivity contribution in [2.45, 2.75) is 13.0 Å². The summed E-state index contributed by atoms with van der Waals surface area (Å²) in [6.45, 7) is 0.0803. The minimum absolute atomic E-state index is 0.000395. The predicted molar refractivity (Wildman–Crippen MR) is 99.5 cm³/mol. The van der Waals surface area contributed by atoms with E-state index in [9.17, 15) is 18.0 Å². The Morgan fingerprint density at radius 1 is 1.07 bits per heavy atom. The first-order valence-electron chi connectivity index (χ1n) is 8.32. The fraction of sp³-hybridized carbons (Fsp3) is 0.100. The standard InChI is InChI=1S/C20H13F3N2O2S/c21-13-5-3-12(4-6-13)8-18(26)25(11-15-2-1-7-27-15)20-24-19-16(23)9-14(22)10-17(19)28-20/h1-7,9-10H,8,11H2. The second kappa shape index (κ2) is 7.47. The number of hydrogen-bond acceptors (Lipinski definition) is 4. The first kappa shape index (κ1) is 18.2. The number of hydrogen-bond donors (Lipinski definition) is 0. The van der Waals surface area contributed by atoms with Crippen molar-refractivity contribution >= 4 is 32.6 Å². The Kier molecular flexibility index (Phi) is 4.87. The summed E-state index contributed by atoms with van der Waals surface area (Å²) < 4.78 is 46.3. The number of rotatable bonds is 5. The molecule has 0 bridgehead atoms. The molecule has 28 heavy (non-hydrogen) atoms. The average molecular weight is 402 g/mol. The molecule has 8 heteroatoms. The van der Waals surface area contributed by atoms with Gasteiger partial charge in [0.2, 0.25) is 5.91 Å². The quantitative estimate of drug-likeness (QED) is 0.468. The largest absolute Gasteiger partial charge is 0.467 e. The van der Waals surface area contributed by atoms with Crippen LogP contribution in [0.2, 0.25) is 0 Å². The van der Waals surface area contributed by atoms with Crippen LogP contribution < -0.4 is 4.90 Å². The molecule has 0 saturated carbocycles. The number of benzene rings is 2. The molecule has 0 aliphatic rings. The lowest BCUT2D eigenvalue weighted by atomic mass is 10.1. The Morgan fingerprint density at radius 2 is 1.86 bits per heavy atom. The summed E-state index contributed by atoms with van der Waals surface area (Å²) in [6.07, 6.45) is 1.47. The van der Waals surface area contributed by atoms with Crippen molar-refractivity contribution < 1.29 is 22.4 Å². The van der Waals surface area contributed by atoms with Gasteiger partial charge in [-0.15, -0.1) is 0 Å². The topological polar surface area (TPSA) is 46.3 Å². The van der Waals surface area contributed by atoms with E-state index in [0.717, 1.165) is 17.4 Å². The molecule has 2 heterocycles. The van der Waals surface area contributed by atoms with Crippen LogP contribution >= 0.6 is 11.3 Å². The Bertz CT molecular complexity index is 1120. The van der Waals surface area contributed by atoms with Crippen LogP contribution in [0.3, 0.4) is 0 Å². The smallest absolute Gasteiger partial charge is 0.233 e. The van der Waals surface area contributed by atoms with Crippen molar-refractivity contribution in [2.24, 2.45) is 0 Å². The Hall–Kier alpha value is -3.13. The Morgan fingerprint density at radius 3 is 2.57 bits per heavy atom. The highest BCUT2D eigenvalue weighted by molar-refractivity contribution is 7.22. The average Bonchev–Trinajstić information content (AvgIpc) is 3.31. The van der Waals surface area contributed by atoms with Crippen LogP contribution in [0.1, 0.15) is 11.3 Å². The fourth-order valence-electron chi connectivity index (χ4n) is 2.75. The van der Waals surface area contributed by atoms with Crippen LogP contribution in [0.25, 0.3) is 10.2 Å². The molecule has 142 valence electrons. The van der Waals surface area contributed by atoms with E-state index >= 15 is 0 Å². The van der Waals surface area contributed by atoms with Gasteiger partial charge in [0.15, 0.2) is 10.9 Å². The third kappa shape index (κ3) is 3.77. The van der Waals surface area contributed by atoms with Crippen molar-refractivity contribution in [2.75, 3.05) is 4.90 Å². The number of nitrogens with zero attached hydrogens (tertiary/aromatic N) is 2. The molecule has 0 spiro atoms. The summed E-state index contributed by atoms with van der Waals surface area (Å²) in [7, 11) is 0. The van der Waals surface area contributed by atoms with Gasteiger partial charge in [0.05, 0.1) is 23.9 Å². The fourth-order valence-corrected chi connectivity index (χ4v) is 3.78. The zero-order valence-corrected chi connectivity index (χ0v) is 15.2. The lowest BCUT2D eigenvalue weighted by molar-refractivity contribution is -0.118. The van der Waals surface area contributed by atoms with E-state index in [4.69, 9.17) is 4.42 Å². The first-order valence-corrected chi connectivity index (χ1v) is 9.14. The summed E-state index contributed by atoms with van der Waals surface area (Å²) in [5, 5.41) is 0.225. The Balaban J connectivity index is 1.69. The molecule has 4 rings (SSSR count). The van der Waals surface area contributed by atoms with Gasteiger partial charge in [-0.05, 0) is 35.9 Å². The molecule has 1 amide bonds. The monoisotopic (exact) mass is 402 g/mol. The van der Waals surface area contributed by atoms with Crippen LogP contribution in [-0.4, -0.2) is 10.9 Å². The summed E-state index contributed by atoms with van der Waals surface area (Å²) >= 11 is 1.01. The van der Waals surface area contributed by atoms with E-state index in [1.165, 1.54) is 41.5 Å². The summed E-state index contributed by atoms with van der Waals surface area (Å²) in [5.41, 5.74) is 0.620. The second-order valence-corrected chi connectivity index (χ2v) is 7.10. The molecular weight excluding hydrogens is 389 g/mol. The van der Waals surface area contributed by atoms with Gasteiger partial charge in [-0.25, -0.2) is 18.2 Å². The number of fused-ring (bicyclic) bond motifs is 1. The molecule has 0 N–H and O–H groups in total. The van der Waals surface area contributed by atoms with Crippen molar-refractivity contribution in [1.82, 2.24) is 4.98 Å². The van der Waals surface area contributed by atoms with Gasteiger partial charge < -0.3 is 4.42 Å². The number of carbonyl (C=O) groups is 1. The van der Waals surface area contributed by atoms with Crippen LogP contribution in [0.5, 0.6) is 0 Å². The molecule has 4 aromatic rings.